The van der Waals surface area contributed by atoms with E-state index in [-0.39, 0.29) is 0 Å². The number of nitrogens with one attached hydrogen (secondary N) is 1. The largest absolute Gasteiger partial charge is 0.329 e. The van der Waals surface area contributed by atoms with Gasteiger partial charge in [0.15, 0.2) is 0 Å². The molecular weight excluding hydrogens is 220 g/mol. The Morgan fingerprint density at radius 1 is 1.28 bits per heavy atom. The molecule has 1 aromatic rings. The predicted molar refractivity (Wildman–Crippen MR) is 77.7 cm³/mol. The van der Waals surface area contributed by atoms with Gasteiger partial charge in [0.05, 0.1) is 0 Å². The Morgan fingerprint density at radius 2 is 2.00 bits per heavy atom. The van der Waals surface area contributed by atoms with Crippen molar-refractivity contribution in [1.29, 1.82) is 0 Å². The standard InChI is InChI=1S/C16H26N2/c1-13(15-8-3-2-4-9-15)16(12-17)18-11-10-14-6-5-7-14/h2-4,8-9,13-14,16,18H,5-7,10-12,17H2,1H3. The second kappa shape index (κ2) is 6.91. The molecule has 0 aliphatic heterocycles. The SMILES string of the molecule is CC(c1ccccc1)C(CN)NCCC1CCC1. The zero-order chi connectivity index (χ0) is 12.8. The number of rotatable bonds is 7. The zero-order valence-electron chi connectivity index (χ0n) is 11.4. The minimum atomic E-state index is 0.396. The van der Waals surface area contributed by atoms with Crippen molar-refractivity contribution in [3.8, 4) is 0 Å². The smallest absolute Gasteiger partial charge is 0.0256 e. The van der Waals surface area contributed by atoms with Gasteiger partial charge < -0.3 is 11.1 Å². The molecule has 2 nitrogen and oxygen atoms in total. The maximum atomic E-state index is 5.91. The second-order valence-corrected chi connectivity index (χ2v) is 5.58. The van der Waals surface area contributed by atoms with Crippen molar-refractivity contribution >= 4 is 0 Å². The number of hydrogen-bond donors (Lipinski definition) is 2. The first-order valence-electron chi connectivity index (χ1n) is 7.29. The summed E-state index contributed by atoms with van der Waals surface area (Å²) in [6.45, 7) is 4.09. The van der Waals surface area contributed by atoms with Crippen LogP contribution < -0.4 is 11.1 Å². The average Bonchev–Trinajstić information content (AvgIpc) is 2.37. The lowest BCUT2D eigenvalue weighted by Crippen LogP contribution is -2.41. The molecule has 2 heteroatoms. The molecule has 0 aromatic heterocycles. The predicted octanol–water partition coefficient (Wildman–Crippen LogP) is 2.90. The van der Waals surface area contributed by atoms with E-state index in [0.29, 0.717) is 18.5 Å². The van der Waals surface area contributed by atoms with Crippen LogP contribution in [-0.2, 0) is 0 Å². The van der Waals surface area contributed by atoms with E-state index in [4.69, 9.17) is 5.73 Å². The van der Waals surface area contributed by atoms with E-state index in [1.807, 2.05) is 0 Å². The van der Waals surface area contributed by atoms with Gasteiger partial charge in [-0.05, 0) is 30.4 Å². The Bertz CT molecular complexity index is 332. The van der Waals surface area contributed by atoms with E-state index < -0.39 is 0 Å². The summed E-state index contributed by atoms with van der Waals surface area (Å²) >= 11 is 0. The van der Waals surface area contributed by atoms with Crippen molar-refractivity contribution in [1.82, 2.24) is 5.32 Å². The van der Waals surface area contributed by atoms with Gasteiger partial charge in [-0.25, -0.2) is 0 Å². The lowest BCUT2D eigenvalue weighted by molar-refractivity contribution is 0.284. The molecule has 2 rings (SSSR count). The van der Waals surface area contributed by atoms with Gasteiger partial charge in [-0.2, -0.15) is 0 Å². The maximum Gasteiger partial charge on any atom is 0.0256 e. The first kappa shape index (κ1) is 13.6. The minimum absolute atomic E-state index is 0.396. The van der Waals surface area contributed by atoms with Gasteiger partial charge in [0.25, 0.3) is 0 Å². The van der Waals surface area contributed by atoms with Crippen molar-refractivity contribution in [2.45, 2.75) is 44.6 Å². The third-order valence-corrected chi connectivity index (χ3v) is 4.37. The van der Waals surface area contributed by atoms with Crippen LogP contribution in [0, 0.1) is 5.92 Å². The van der Waals surface area contributed by atoms with Crippen LogP contribution in [0.4, 0.5) is 0 Å². The van der Waals surface area contributed by atoms with Crippen LogP contribution in [0.15, 0.2) is 30.3 Å². The summed E-state index contributed by atoms with van der Waals surface area (Å²) < 4.78 is 0. The highest BCUT2D eigenvalue weighted by Gasteiger charge is 2.19. The van der Waals surface area contributed by atoms with Crippen molar-refractivity contribution < 1.29 is 0 Å². The highest BCUT2D eigenvalue weighted by molar-refractivity contribution is 5.20. The van der Waals surface area contributed by atoms with Crippen molar-refractivity contribution in [3.05, 3.63) is 35.9 Å². The van der Waals surface area contributed by atoms with E-state index in [9.17, 15) is 0 Å². The van der Waals surface area contributed by atoms with Crippen molar-refractivity contribution in [3.63, 3.8) is 0 Å². The van der Waals surface area contributed by atoms with Gasteiger partial charge in [0.1, 0.15) is 0 Å². The normalized spacial score (nSPS) is 19.2. The van der Waals surface area contributed by atoms with Crippen LogP contribution in [0.3, 0.4) is 0 Å². The first-order chi connectivity index (χ1) is 8.81. The summed E-state index contributed by atoms with van der Waals surface area (Å²) in [6.07, 6.45) is 5.62. The lowest BCUT2D eigenvalue weighted by atomic mass is 9.83. The van der Waals surface area contributed by atoms with Crippen LogP contribution in [0.25, 0.3) is 0 Å². The zero-order valence-corrected chi connectivity index (χ0v) is 11.4. The van der Waals surface area contributed by atoms with Gasteiger partial charge in [-0.1, -0.05) is 56.5 Å². The monoisotopic (exact) mass is 246 g/mol. The Kier molecular flexibility index (Phi) is 5.21. The number of hydrogen-bond acceptors (Lipinski definition) is 2. The van der Waals surface area contributed by atoms with E-state index in [1.54, 1.807) is 0 Å². The molecule has 2 atom stereocenters. The quantitative estimate of drug-likeness (QED) is 0.776. The molecule has 2 unspecified atom stereocenters. The molecular formula is C16H26N2. The Labute approximate surface area is 111 Å². The van der Waals surface area contributed by atoms with Crippen LogP contribution in [-0.4, -0.2) is 19.1 Å². The molecule has 1 aromatic carbocycles. The first-order valence-corrected chi connectivity index (χ1v) is 7.29. The highest BCUT2D eigenvalue weighted by atomic mass is 14.9. The molecule has 1 saturated carbocycles. The third-order valence-electron chi connectivity index (χ3n) is 4.37. The molecule has 0 saturated heterocycles. The molecule has 0 radical (unpaired) electrons. The fraction of sp³-hybridized carbons (Fsp3) is 0.625. The molecule has 0 spiro atoms. The number of nitrogens with two attached hydrogens (primary N) is 1. The summed E-state index contributed by atoms with van der Waals surface area (Å²) in [4.78, 5) is 0. The topological polar surface area (TPSA) is 38.0 Å². The molecule has 1 fully saturated rings. The van der Waals surface area contributed by atoms with Gasteiger partial charge in [0.2, 0.25) is 0 Å². The Hall–Kier alpha value is -0.860. The molecule has 0 bridgehead atoms. The van der Waals surface area contributed by atoms with Gasteiger partial charge in [-0.3, -0.25) is 0 Å². The van der Waals surface area contributed by atoms with Crippen LogP contribution in [0.2, 0.25) is 0 Å². The number of benzene rings is 1. The summed E-state index contributed by atoms with van der Waals surface area (Å²) in [5.74, 6) is 1.46. The molecule has 0 amide bonds. The van der Waals surface area contributed by atoms with Gasteiger partial charge >= 0.3 is 0 Å². The molecule has 1 aliphatic carbocycles. The Morgan fingerprint density at radius 3 is 2.56 bits per heavy atom. The average molecular weight is 246 g/mol. The van der Waals surface area contributed by atoms with E-state index in [2.05, 4.69) is 42.6 Å². The summed E-state index contributed by atoms with van der Waals surface area (Å²) in [6, 6.07) is 11.1. The molecule has 18 heavy (non-hydrogen) atoms. The molecule has 0 heterocycles. The van der Waals surface area contributed by atoms with E-state index in [1.165, 1.54) is 31.2 Å². The van der Waals surface area contributed by atoms with E-state index in [0.717, 1.165) is 12.5 Å². The molecule has 3 N–H and O–H groups in total. The fourth-order valence-electron chi connectivity index (χ4n) is 2.71. The highest BCUT2D eigenvalue weighted by Crippen LogP contribution is 2.29. The molecule has 100 valence electrons. The van der Waals surface area contributed by atoms with Gasteiger partial charge in [0, 0.05) is 12.6 Å². The van der Waals surface area contributed by atoms with Crippen molar-refractivity contribution in [2.24, 2.45) is 11.7 Å². The summed E-state index contributed by atoms with van der Waals surface area (Å²) in [5.41, 5.74) is 7.29. The van der Waals surface area contributed by atoms with Crippen LogP contribution >= 0.6 is 0 Å². The third kappa shape index (κ3) is 3.56. The van der Waals surface area contributed by atoms with Crippen LogP contribution in [0.1, 0.15) is 44.1 Å². The lowest BCUT2D eigenvalue weighted by Gasteiger charge is -2.28. The molecule has 1 aliphatic rings. The fourth-order valence-corrected chi connectivity index (χ4v) is 2.71. The van der Waals surface area contributed by atoms with Crippen molar-refractivity contribution in [2.75, 3.05) is 13.1 Å². The minimum Gasteiger partial charge on any atom is -0.329 e. The van der Waals surface area contributed by atoms with E-state index >= 15 is 0 Å². The summed E-state index contributed by atoms with van der Waals surface area (Å²) in [5, 5.41) is 3.64. The second-order valence-electron chi connectivity index (χ2n) is 5.58. The maximum absolute atomic E-state index is 5.91. The van der Waals surface area contributed by atoms with Gasteiger partial charge in [-0.15, -0.1) is 0 Å². The summed E-state index contributed by atoms with van der Waals surface area (Å²) in [7, 11) is 0. The van der Waals surface area contributed by atoms with Crippen LogP contribution in [0.5, 0.6) is 0 Å². The Balaban J connectivity index is 1.79.